The summed E-state index contributed by atoms with van der Waals surface area (Å²) in [6, 6.07) is 6.47. The third kappa shape index (κ3) is 6.16. The molecule has 0 aliphatic heterocycles. The fraction of sp³-hybridized carbons (Fsp3) is 0.625. The van der Waals surface area contributed by atoms with Gasteiger partial charge in [0.25, 0.3) is 0 Å². The Bertz CT molecular complexity index is 379. The Morgan fingerprint density at radius 1 is 1.16 bits per heavy atom. The second kappa shape index (κ2) is 8.84. The number of hydrogen-bond donors (Lipinski definition) is 1. The summed E-state index contributed by atoms with van der Waals surface area (Å²) in [7, 11) is 0. The van der Waals surface area contributed by atoms with Crippen molar-refractivity contribution in [1.29, 1.82) is 0 Å². The zero-order valence-electron chi connectivity index (χ0n) is 12.2. The molecule has 0 heterocycles. The van der Waals surface area contributed by atoms with Crippen molar-refractivity contribution in [2.24, 2.45) is 5.92 Å². The molecule has 1 nitrogen and oxygen atoms in total. The molecule has 0 radical (unpaired) electrons. The Hall–Kier alpha value is -0.240. The van der Waals surface area contributed by atoms with Crippen molar-refractivity contribution < 1.29 is 0 Å². The van der Waals surface area contributed by atoms with E-state index in [0.717, 1.165) is 18.9 Å². The van der Waals surface area contributed by atoms with Crippen LogP contribution < -0.4 is 5.32 Å². The third-order valence-electron chi connectivity index (χ3n) is 3.53. The summed E-state index contributed by atoms with van der Waals surface area (Å²) < 4.78 is 0. The Morgan fingerprint density at radius 2 is 1.89 bits per heavy atom. The third-order valence-corrected chi connectivity index (χ3v) is 4.27. The van der Waals surface area contributed by atoms with Crippen LogP contribution in [0.3, 0.4) is 0 Å². The van der Waals surface area contributed by atoms with Gasteiger partial charge in [-0.3, -0.25) is 0 Å². The molecule has 108 valence electrons. The van der Waals surface area contributed by atoms with Crippen LogP contribution in [0.5, 0.6) is 0 Å². The van der Waals surface area contributed by atoms with Gasteiger partial charge in [0.05, 0.1) is 10.0 Å². The van der Waals surface area contributed by atoms with Crippen LogP contribution in [0.25, 0.3) is 0 Å². The van der Waals surface area contributed by atoms with E-state index in [4.69, 9.17) is 23.2 Å². The first-order chi connectivity index (χ1) is 9.06. The smallest absolute Gasteiger partial charge is 0.0595 e. The molecule has 19 heavy (non-hydrogen) atoms. The number of nitrogens with one attached hydrogen (secondary N) is 1. The van der Waals surface area contributed by atoms with Gasteiger partial charge in [-0.25, -0.2) is 0 Å². The van der Waals surface area contributed by atoms with Gasteiger partial charge >= 0.3 is 0 Å². The van der Waals surface area contributed by atoms with Gasteiger partial charge in [0.15, 0.2) is 0 Å². The van der Waals surface area contributed by atoms with Crippen LogP contribution in [0, 0.1) is 5.92 Å². The molecule has 0 spiro atoms. The minimum absolute atomic E-state index is 0.521. The van der Waals surface area contributed by atoms with Gasteiger partial charge in [-0.1, -0.05) is 56.5 Å². The first-order valence-corrected chi connectivity index (χ1v) is 7.99. The Balaban J connectivity index is 2.66. The molecule has 0 aliphatic carbocycles. The molecule has 2 atom stereocenters. The minimum atomic E-state index is 0.521. The van der Waals surface area contributed by atoms with Crippen LogP contribution in [0.1, 0.15) is 45.6 Å². The maximum absolute atomic E-state index is 6.08. The van der Waals surface area contributed by atoms with Gasteiger partial charge in [0.2, 0.25) is 0 Å². The van der Waals surface area contributed by atoms with Crippen molar-refractivity contribution in [1.82, 2.24) is 5.32 Å². The molecular formula is C16H25Cl2N. The van der Waals surface area contributed by atoms with Crippen LogP contribution in [0.15, 0.2) is 18.2 Å². The SMILES string of the molecule is CCCNC(Cc1ccc(Cl)c(Cl)c1)CC(C)CC. The van der Waals surface area contributed by atoms with E-state index in [0.29, 0.717) is 16.1 Å². The molecule has 0 aromatic heterocycles. The minimum Gasteiger partial charge on any atom is -0.314 e. The molecule has 1 rings (SSSR count). The maximum atomic E-state index is 6.08. The number of hydrogen-bond acceptors (Lipinski definition) is 1. The lowest BCUT2D eigenvalue weighted by Crippen LogP contribution is -2.33. The number of halogens is 2. The van der Waals surface area contributed by atoms with Crippen LogP contribution in [0.2, 0.25) is 10.0 Å². The van der Waals surface area contributed by atoms with E-state index < -0.39 is 0 Å². The molecule has 1 aromatic carbocycles. The highest BCUT2D eigenvalue weighted by Gasteiger charge is 2.13. The molecule has 0 saturated carbocycles. The quantitative estimate of drug-likeness (QED) is 0.683. The summed E-state index contributed by atoms with van der Waals surface area (Å²) in [5.41, 5.74) is 1.26. The summed E-state index contributed by atoms with van der Waals surface area (Å²) in [6.07, 6.45) is 4.61. The van der Waals surface area contributed by atoms with Gasteiger partial charge in [0.1, 0.15) is 0 Å². The summed E-state index contributed by atoms with van der Waals surface area (Å²) in [5, 5.41) is 4.92. The monoisotopic (exact) mass is 301 g/mol. The molecule has 1 aromatic rings. The summed E-state index contributed by atoms with van der Waals surface area (Å²) in [4.78, 5) is 0. The second-order valence-corrected chi connectivity index (χ2v) is 6.17. The molecule has 1 N–H and O–H groups in total. The Kier molecular flexibility index (Phi) is 7.82. The lowest BCUT2D eigenvalue weighted by Gasteiger charge is -2.22. The standard InChI is InChI=1S/C16H25Cl2N/c1-4-8-19-14(9-12(3)5-2)10-13-6-7-15(17)16(18)11-13/h6-7,11-12,14,19H,4-5,8-10H2,1-3H3. The Morgan fingerprint density at radius 3 is 2.47 bits per heavy atom. The highest BCUT2D eigenvalue weighted by atomic mass is 35.5. The first-order valence-electron chi connectivity index (χ1n) is 7.24. The van der Waals surface area contributed by atoms with Gasteiger partial charge in [-0.05, 0) is 49.4 Å². The summed E-state index contributed by atoms with van der Waals surface area (Å²) in [5.74, 6) is 0.747. The number of benzene rings is 1. The van der Waals surface area contributed by atoms with Gasteiger partial charge < -0.3 is 5.32 Å². The van der Waals surface area contributed by atoms with E-state index in [-0.39, 0.29) is 0 Å². The van der Waals surface area contributed by atoms with Crippen LogP contribution in [-0.2, 0) is 6.42 Å². The molecular weight excluding hydrogens is 277 g/mol. The van der Waals surface area contributed by atoms with E-state index in [1.54, 1.807) is 0 Å². The highest BCUT2D eigenvalue weighted by molar-refractivity contribution is 6.42. The zero-order valence-corrected chi connectivity index (χ0v) is 13.7. The van der Waals surface area contributed by atoms with Crippen molar-refractivity contribution in [3.05, 3.63) is 33.8 Å². The van der Waals surface area contributed by atoms with Crippen LogP contribution in [0.4, 0.5) is 0 Å². The van der Waals surface area contributed by atoms with E-state index >= 15 is 0 Å². The largest absolute Gasteiger partial charge is 0.314 e. The molecule has 0 bridgehead atoms. The molecule has 0 saturated heterocycles. The second-order valence-electron chi connectivity index (χ2n) is 5.35. The topological polar surface area (TPSA) is 12.0 Å². The van der Waals surface area contributed by atoms with Crippen molar-refractivity contribution >= 4 is 23.2 Å². The lowest BCUT2D eigenvalue weighted by molar-refractivity contribution is 0.391. The highest BCUT2D eigenvalue weighted by Crippen LogP contribution is 2.24. The molecule has 2 unspecified atom stereocenters. The van der Waals surface area contributed by atoms with E-state index in [1.165, 1.54) is 24.8 Å². The van der Waals surface area contributed by atoms with E-state index in [1.807, 2.05) is 12.1 Å². The summed E-state index contributed by atoms with van der Waals surface area (Å²) >= 11 is 12.0. The normalized spacial score (nSPS) is 14.4. The van der Waals surface area contributed by atoms with Gasteiger partial charge in [-0.2, -0.15) is 0 Å². The molecule has 0 fully saturated rings. The van der Waals surface area contributed by atoms with Crippen LogP contribution >= 0.6 is 23.2 Å². The van der Waals surface area contributed by atoms with Gasteiger partial charge in [0, 0.05) is 6.04 Å². The fourth-order valence-corrected chi connectivity index (χ4v) is 2.51. The number of rotatable bonds is 8. The fourth-order valence-electron chi connectivity index (χ4n) is 2.19. The average Bonchev–Trinajstić information content (AvgIpc) is 2.40. The molecule has 0 aliphatic rings. The van der Waals surface area contributed by atoms with Gasteiger partial charge in [-0.15, -0.1) is 0 Å². The molecule has 3 heteroatoms. The van der Waals surface area contributed by atoms with Crippen molar-refractivity contribution in [3.63, 3.8) is 0 Å². The van der Waals surface area contributed by atoms with Crippen molar-refractivity contribution in [3.8, 4) is 0 Å². The zero-order chi connectivity index (χ0) is 14.3. The maximum Gasteiger partial charge on any atom is 0.0595 e. The van der Waals surface area contributed by atoms with Crippen LogP contribution in [-0.4, -0.2) is 12.6 Å². The van der Waals surface area contributed by atoms with Crippen molar-refractivity contribution in [2.75, 3.05) is 6.54 Å². The van der Waals surface area contributed by atoms with E-state index in [9.17, 15) is 0 Å². The molecule has 0 amide bonds. The lowest BCUT2D eigenvalue weighted by atomic mass is 9.94. The average molecular weight is 302 g/mol. The Labute approximate surface area is 127 Å². The summed E-state index contributed by atoms with van der Waals surface area (Å²) in [6.45, 7) is 7.84. The predicted octanol–water partition coefficient (Wildman–Crippen LogP) is 5.34. The van der Waals surface area contributed by atoms with E-state index in [2.05, 4.69) is 32.2 Å². The first kappa shape index (κ1) is 16.8. The van der Waals surface area contributed by atoms with Crippen molar-refractivity contribution in [2.45, 2.75) is 52.5 Å². The predicted molar refractivity (Wildman–Crippen MR) is 86.3 cm³/mol.